The molecule has 0 saturated carbocycles. The Morgan fingerprint density at radius 1 is 0.712 bits per heavy atom. The van der Waals surface area contributed by atoms with Gasteiger partial charge in [0.25, 0.3) is 0 Å². The van der Waals surface area contributed by atoms with Crippen LogP contribution in [-0.4, -0.2) is 72.3 Å². The zero-order chi connectivity index (χ0) is 34.4. The lowest BCUT2D eigenvalue weighted by molar-refractivity contribution is 0.202. The third-order valence-electron chi connectivity index (χ3n) is 9.99. The number of hydrogen-bond donors (Lipinski definition) is 1. The van der Waals surface area contributed by atoms with E-state index in [1.54, 1.807) is 23.1 Å². The predicted molar refractivity (Wildman–Crippen MR) is 198 cm³/mol. The van der Waals surface area contributed by atoms with Gasteiger partial charge >= 0.3 is 0 Å². The van der Waals surface area contributed by atoms with Gasteiger partial charge in [-0.05, 0) is 67.4 Å². The zero-order valence-corrected chi connectivity index (χ0v) is 28.1. The second-order valence-corrected chi connectivity index (χ2v) is 13.2. The molecule has 52 heavy (non-hydrogen) atoms. The first kappa shape index (κ1) is 30.2. The minimum Gasteiger partial charge on any atom is -0.323 e. The number of benzene rings is 2. The van der Waals surface area contributed by atoms with Crippen molar-refractivity contribution in [1.82, 2.24) is 59.2 Å². The van der Waals surface area contributed by atoms with Gasteiger partial charge in [-0.15, -0.1) is 20.4 Å². The van der Waals surface area contributed by atoms with Crippen molar-refractivity contribution in [2.75, 3.05) is 13.1 Å². The highest BCUT2D eigenvalue weighted by Gasteiger charge is 2.24. The monoisotopic (exact) mass is 680 g/mol. The van der Waals surface area contributed by atoms with Crippen LogP contribution < -0.4 is 0 Å². The Kier molecular flexibility index (Phi) is 7.31. The molecule has 7 aromatic heterocycles. The first-order valence-corrected chi connectivity index (χ1v) is 17.4. The summed E-state index contributed by atoms with van der Waals surface area (Å²) in [5.41, 5.74) is 9.34. The Bertz CT molecular complexity index is 2670. The normalized spacial score (nSPS) is 14.2. The Hall–Kier alpha value is -6.66. The van der Waals surface area contributed by atoms with Crippen LogP contribution in [0.1, 0.15) is 30.1 Å². The number of piperidine rings is 1. The fraction of sp³-hybridized carbons (Fsp3) is 0.150. The number of nitrogens with one attached hydrogen (secondary N) is 1. The lowest BCUT2D eigenvalue weighted by Crippen LogP contribution is -2.32. The smallest absolute Gasteiger partial charge is 0.179 e. The average Bonchev–Trinajstić information content (AvgIpc) is 3.98. The number of pyridine rings is 3. The van der Waals surface area contributed by atoms with E-state index in [9.17, 15) is 0 Å². The van der Waals surface area contributed by atoms with E-state index in [1.165, 1.54) is 5.56 Å². The molecule has 1 fully saturated rings. The molecule has 10 rings (SSSR count). The van der Waals surface area contributed by atoms with Gasteiger partial charge in [-0.1, -0.05) is 60.7 Å². The number of aromatic nitrogens is 11. The maximum atomic E-state index is 5.26. The Labute approximate surface area is 297 Å². The van der Waals surface area contributed by atoms with E-state index in [0.29, 0.717) is 11.7 Å². The van der Waals surface area contributed by atoms with Crippen LogP contribution in [0.15, 0.2) is 122 Å². The summed E-state index contributed by atoms with van der Waals surface area (Å²) < 4.78 is 3.73. The third-order valence-corrected chi connectivity index (χ3v) is 9.99. The van der Waals surface area contributed by atoms with E-state index in [2.05, 4.69) is 99.9 Å². The van der Waals surface area contributed by atoms with Crippen LogP contribution in [0.2, 0.25) is 0 Å². The molecule has 1 saturated heterocycles. The van der Waals surface area contributed by atoms with Gasteiger partial charge in [-0.3, -0.25) is 14.3 Å². The quantitative estimate of drug-likeness (QED) is 0.191. The molecule has 0 unspecified atom stereocenters. The third kappa shape index (κ3) is 5.37. The zero-order valence-electron chi connectivity index (χ0n) is 28.1. The van der Waals surface area contributed by atoms with Crippen molar-refractivity contribution in [3.8, 4) is 45.3 Å². The van der Waals surface area contributed by atoms with Gasteiger partial charge in [0, 0.05) is 53.8 Å². The van der Waals surface area contributed by atoms with Crippen molar-refractivity contribution >= 4 is 22.2 Å². The lowest BCUT2D eigenvalue weighted by atomic mass is 9.95. The summed E-state index contributed by atoms with van der Waals surface area (Å²) in [4.78, 5) is 20.1. The van der Waals surface area contributed by atoms with Crippen LogP contribution in [-0.2, 0) is 6.54 Å². The number of hydrogen-bond acceptors (Lipinski definition) is 9. The van der Waals surface area contributed by atoms with Gasteiger partial charge in [0.2, 0.25) is 0 Å². The van der Waals surface area contributed by atoms with Crippen LogP contribution in [0.5, 0.6) is 0 Å². The molecule has 1 aliphatic rings. The maximum Gasteiger partial charge on any atom is 0.179 e. The number of aromatic amines is 1. The lowest BCUT2D eigenvalue weighted by Gasteiger charge is -2.30. The van der Waals surface area contributed by atoms with Crippen molar-refractivity contribution in [2.24, 2.45) is 0 Å². The van der Waals surface area contributed by atoms with Crippen LogP contribution in [0.25, 0.3) is 67.5 Å². The van der Waals surface area contributed by atoms with Crippen molar-refractivity contribution < 1.29 is 0 Å². The van der Waals surface area contributed by atoms with Gasteiger partial charge in [-0.25, -0.2) is 14.5 Å². The highest BCUT2D eigenvalue weighted by molar-refractivity contribution is 5.98. The second kappa shape index (κ2) is 12.6. The molecule has 0 bridgehead atoms. The van der Waals surface area contributed by atoms with Gasteiger partial charge in [0.05, 0.1) is 23.0 Å². The number of nitrogens with zero attached hydrogens (tertiary/aromatic N) is 11. The summed E-state index contributed by atoms with van der Waals surface area (Å²) in [6, 6.07) is 31.2. The summed E-state index contributed by atoms with van der Waals surface area (Å²) in [5, 5.41) is 23.4. The molecule has 2 aromatic carbocycles. The molecule has 8 heterocycles. The maximum absolute atomic E-state index is 5.26. The highest BCUT2D eigenvalue weighted by atomic mass is 15.3. The highest BCUT2D eigenvalue weighted by Crippen LogP contribution is 2.36. The van der Waals surface area contributed by atoms with E-state index in [0.717, 1.165) is 100.0 Å². The van der Waals surface area contributed by atoms with Gasteiger partial charge in [0.15, 0.2) is 22.9 Å². The molecule has 1 N–H and O–H groups in total. The summed E-state index contributed by atoms with van der Waals surface area (Å²) in [6.45, 7) is 2.90. The molecule has 0 amide bonds. The summed E-state index contributed by atoms with van der Waals surface area (Å²) in [6.07, 6.45) is 11.2. The summed E-state index contributed by atoms with van der Waals surface area (Å²) in [5.74, 6) is 2.74. The molecule has 1 aliphatic heterocycles. The van der Waals surface area contributed by atoms with Crippen LogP contribution in [0.3, 0.4) is 0 Å². The summed E-state index contributed by atoms with van der Waals surface area (Å²) in [7, 11) is 0. The van der Waals surface area contributed by atoms with E-state index >= 15 is 0 Å². The van der Waals surface area contributed by atoms with Gasteiger partial charge < -0.3 is 4.98 Å². The first-order valence-electron chi connectivity index (χ1n) is 17.4. The minimum atomic E-state index is 0.368. The molecule has 0 radical (unpaired) electrons. The fourth-order valence-corrected chi connectivity index (χ4v) is 7.29. The largest absolute Gasteiger partial charge is 0.323 e. The molecule has 12 heteroatoms. The Morgan fingerprint density at radius 2 is 1.56 bits per heavy atom. The minimum absolute atomic E-state index is 0.368. The van der Waals surface area contributed by atoms with Crippen LogP contribution in [0.4, 0.5) is 0 Å². The summed E-state index contributed by atoms with van der Waals surface area (Å²) >= 11 is 0. The number of likely N-dealkylation sites (tertiary alicyclic amines) is 1. The molecule has 9 aromatic rings. The SMILES string of the molecule is c1ccc(-c2cc3c(ccn4c(-c5cnn6cccnc56)nnc34)nc2-c2ccc(CN3CCC(c4nnc(-c5ccccn5)[nH]4)CC3)cc2)cc1. The van der Waals surface area contributed by atoms with Crippen LogP contribution in [0, 0.1) is 0 Å². The molecule has 0 atom stereocenters. The fourth-order valence-electron chi connectivity index (χ4n) is 7.29. The van der Waals surface area contributed by atoms with E-state index in [-0.39, 0.29) is 0 Å². The number of fused-ring (bicyclic) bond motifs is 4. The molecule has 0 spiro atoms. The van der Waals surface area contributed by atoms with Crippen molar-refractivity contribution in [1.29, 1.82) is 0 Å². The molecule has 12 nitrogen and oxygen atoms in total. The second-order valence-electron chi connectivity index (χ2n) is 13.2. The Balaban J connectivity index is 0.916. The number of rotatable bonds is 7. The topological polar surface area (TPSA) is 131 Å². The number of H-pyrrole nitrogens is 1. The van der Waals surface area contributed by atoms with Crippen molar-refractivity contribution in [3.63, 3.8) is 0 Å². The molecular formula is C40H32N12. The molecule has 0 aliphatic carbocycles. The van der Waals surface area contributed by atoms with Crippen molar-refractivity contribution in [3.05, 3.63) is 133 Å². The van der Waals surface area contributed by atoms with E-state index in [1.807, 2.05) is 53.2 Å². The molecule has 252 valence electrons. The van der Waals surface area contributed by atoms with E-state index in [4.69, 9.17) is 4.98 Å². The standard InChI is InChI=1S/C40H32N12/c1-2-7-27(8-3-1)30-23-31-33(16-22-51-39(31)48-49-40(51)32-24-43-52-19-6-18-42-38(32)52)44-35(30)28-12-10-26(11-13-28)25-50-20-14-29(15-21-50)36-45-37(47-46-36)34-9-4-5-17-41-34/h1-13,16-19,22-24,29H,14-15,20-21,25H2,(H,45,46,47). The Morgan fingerprint density at radius 3 is 2.40 bits per heavy atom. The average molecular weight is 681 g/mol. The predicted octanol–water partition coefficient (Wildman–Crippen LogP) is 6.88. The van der Waals surface area contributed by atoms with Crippen LogP contribution >= 0.6 is 0 Å². The van der Waals surface area contributed by atoms with Gasteiger partial charge in [0.1, 0.15) is 11.5 Å². The van der Waals surface area contributed by atoms with Gasteiger partial charge in [-0.2, -0.15) is 5.10 Å². The van der Waals surface area contributed by atoms with Crippen molar-refractivity contribution in [2.45, 2.75) is 25.3 Å². The molecular weight excluding hydrogens is 649 g/mol. The first-order chi connectivity index (χ1) is 25.7. The van der Waals surface area contributed by atoms with E-state index < -0.39 is 0 Å².